The zero-order valence-corrected chi connectivity index (χ0v) is 13.3. The van der Waals surface area contributed by atoms with Gasteiger partial charge in [-0.25, -0.2) is 4.68 Å². The van der Waals surface area contributed by atoms with Gasteiger partial charge in [0.25, 0.3) is 0 Å². The van der Waals surface area contributed by atoms with Gasteiger partial charge in [-0.2, -0.15) is 5.10 Å². The number of hydrogen-bond acceptors (Lipinski definition) is 3. The van der Waals surface area contributed by atoms with Gasteiger partial charge in [0.1, 0.15) is 5.75 Å². The van der Waals surface area contributed by atoms with Gasteiger partial charge in [0.05, 0.1) is 17.4 Å². The van der Waals surface area contributed by atoms with E-state index in [-0.39, 0.29) is 5.75 Å². The molecule has 0 aliphatic heterocycles. The molecule has 0 spiro atoms. The van der Waals surface area contributed by atoms with Crippen LogP contribution in [0.1, 0.15) is 0 Å². The van der Waals surface area contributed by atoms with Crippen molar-refractivity contribution in [3.63, 3.8) is 0 Å². The molecule has 4 nitrogen and oxygen atoms in total. The Kier molecular flexibility index (Phi) is 3.84. The van der Waals surface area contributed by atoms with Gasteiger partial charge in [-0.1, -0.05) is 18.2 Å². The van der Waals surface area contributed by atoms with Crippen molar-refractivity contribution >= 4 is 10.9 Å². The lowest BCUT2D eigenvalue weighted by Crippen LogP contribution is -2.17. The van der Waals surface area contributed by atoms with Crippen LogP contribution in [0, 0.1) is 0 Å². The zero-order valence-electron chi connectivity index (χ0n) is 13.3. The SMILES string of the molecule is FC(F)(F)Oc1ccc(-n2cc(-c3ccnc4ccccc34)cn2)cc1. The summed E-state index contributed by atoms with van der Waals surface area (Å²) in [7, 11) is 0. The van der Waals surface area contributed by atoms with E-state index in [2.05, 4.69) is 14.8 Å². The van der Waals surface area contributed by atoms with Crippen molar-refractivity contribution in [3.05, 3.63) is 73.2 Å². The molecule has 0 saturated heterocycles. The van der Waals surface area contributed by atoms with Crippen molar-refractivity contribution in [3.8, 4) is 22.6 Å². The van der Waals surface area contributed by atoms with E-state index in [0.29, 0.717) is 5.69 Å². The molecule has 26 heavy (non-hydrogen) atoms. The standard InChI is InChI=1S/C19H12F3N3O/c20-19(21,22)26-15-7-5-14(6-8-15)25-12-13(11-24-25)16-9-10-23-18-4-2-1-3-17(16)18/h1-12H. The van der Waals surface area contributed by atoms with E-state index < -0.39 is 6.36 Å². The van der Waals surface area contributed by atoms with Crippen LogP contribution in [0.5, 0.6) is 5.75 Å². The Balaban J connectivity index is 1.66. The van der Waals surface area contributed by atoms with Crippen LogP contribution in [-0.2, 0) is 0 Å². The normalized spacial score (nSPS) is 11.7. The topological polar surface area (TPSA) is 39.9 Å². The van der Waals surface area contributed by atoms with Crippen LogP contribution in [0.4, 0.5) is 13.2 Å². The molecule has 2 aromatic carbocycles. The molecule has 0 amide bonds. The van der Waals surface area contributed by atoms with Gasteiger partial charge in [-0.15, -0.1) is 13.2 Å². The van der Waals surface area contributed by atoms with Gasteiger partial charge in [0.15, 0.2) is 0 Å². The number of rotatable bonds is 3. The molecule has 0 fully saturated rings. The first kappa shape index (κ1) is 16.1. The predicted molar refractivity (Wildman–Crippen MR) is 91.0 cm³/mol. The van der Waals surface area contributed by atoms with Crippen LogP contribution in [-0.4, -0.2) is 21.1 Å². The number of aromatic nitrogens is 3. The molecule has 0 saturated carbocycles. The summed E-state index contributed by atoms with van der Waals surface area (Å²) in [6, 6.07) is 15.2. The molecule has 0 aliphatic carbocycles. The van der Waals surface area contributed by atoms with Crippen molar-refractivity contribution in [2.75, 3.05) is 0 Å². The summed E-state index contributed by atoms with van der Waals surface area (Å²) >= 11 is 0. The number of benzene rings is 2. The lowest BCUT2D eigenvalue weighted by molar-refractivity contribution is -0.274. The maximum Gasteiger partial charge on any atom is 0.573 e. The van der Waals surface area contributed by atoms with Gasteiger partial charge < -0.3 is 4.74 Å². The van der Waals surface area contributed by atoms with Crippen LogP contribution in [0.25, 0.3) is 27.7 Å². The average Bonchev–Trinajstić information content (AvgIpc) is 3.10. The second kappa shape index (κ2) is 6.18. The quantitative estimate of drug-likeness (QED) is 0.520. The fourth-order valence-corrected chi connectivity index (χ4v) is 2.75. The fraction of sp³-hybridized carbons (Fsp3) is 0.0526. The highest BCUT2D eigenvalue weighted by molar-refractivity contribution is 5.93. The van der Waals surface area contributed by atoms with E-state index in [0.717, 1.165) is 22.0 Å². The fourth-order valence-electron chi connectivity index (χ4n) is 2.75. The van der Waals surface area contributed by atoms with Crippen LogP contribution in [0.15, 0.2) is 73.2 Å². The largest absolute Gasteiger partial charge is 0.573 e. The van der Waals surface area contributed by atoms with E-state index in [1.807, 2.05) is 36.5 Å². The Morgan fingerprint density at radius 1 is 0.923 bits per heavy atom. The lowest BCUT2D eigenvalue weighted by atomic mass is 10.0. The first-order valence-corrected chi connectivity index (χ1v) is 7.75. The Bertz CT molecular complexity index is 1050. The number of ether oxygens (including phenoxy) is 1. The van der Waals surface area contributed by atoms with E-state index in [1.165, 1.54) is 24.3 Å². The Morgan fingerprint density at radius 3 is 2.46 bits per heavy atom. The first-order valence-electron chi connectivity index (χ1n) is 7.75. The maximum atomic E-state index is 12.2. The Morgan fingerprint density at radius 2 is 1.69 bits per heavy atom. The highest BCUT2D eigenvalue weighted by Gasteiger charge is 2.30. The summed E-state index contributed by atoms with van der Waals surface area (Å²) < 4.78 is 42.2. The minimum Gasteiger partial charge on any atom is -0.406 e. The zero-order chi connectivity index (χ0) is 18.1. The van der Waals surface area contributed by atoms with E-state index in [4.69, 9.17) is 0 Å². The maximum absolute atomic E-state index is 12.2. The highest BCUT2D eigenvalue weighted by atomic mass is 19.4. The third kappa shape index (κ3) is 3.23. The third-order valence-electron chi connectivity index (χ3n) is 3.88. The number of pyridine rings is 1. The van der Waals surface area contributed by atoms with Crippen LogP contribution in [0.2, 0.25) is 0 Å². The molecule has 0 aliphatic rings. The molecular weight excluding hydrogens is 343 g/mol. The van der Waals surface area contributed by atoms with Crippen LogP contribution < -0.4 is 4.74 Å². The van der Waals surface area contributed by atoms with Gasteiger partial charge >= 0.3 is 6.36 Å². The van der Waals surface area contributed by atoms with Gasteiger partial charge in [0, 0.05) is 23.3 Å². The smallest absolute Gasteiger partial charge is 0.406 e. The molecule has 0 atom stereocenters. The minimum absolute atomic E-state index is 0.270. The van der Waals surface area contributed by atoms with E-state index in [9.17, 15) is 13.2 Å². The minimum atomic E-state index is -4.71. The molecule has 7 heteroatoms. The second-order valence-corrected chi connectivity index (χ2v) is 5.59. The van der Waals surface area contributed by atoms with Crippen molar-refractivity contribution in [1.29, 1.82) is 0 Å². The highest BCUT2D eigenvalue weighted by Crippen LogP contribution is 2.28. The summed E-state index contributed by atoms with van der Waals surface area (Å²) in [6.45, 7) is 0. The Labute approximate surface area is 146 Å². The summed E-state index contributed by atoms with van der Waals surface area (Å²) in [4.78, 5) is 4.34. The Hall–Kier alpha value is -3.35. The molecule has 4 rings (SSSR count). The molecular formula is C19H12F3N3O. The monoisotopic (exact) mass is 355 g/mol. The molecule has 0 N–H and O–H groups in total. The molecule has 0 radical (unpaired) electrons. The molecule has 130 valence electrons. The average molecular weight is 355 g/mol. The van der Waals surface area contributed by atoms with Crippen molar-refractivity contribution in [1.82, 2.24) is 14.8 Å². The summed E-state index contributed by atoms with van der Waals surface area (Å²) in [6.07, 6.45) is 0.560. The number of fused-ring (bicyclic) bond motifs is 1. The van der Waals surface area contributed by atoms with E-state index >= 15 is 0 Å². The molecule has 2 heterocycles. The van der Waals surface area contributed by atoms with Gasteiger partial charge in [-0.3, -0.25) is 4.98 Å². The molecule has 2 aromatic heterocycles. The van der Waals surface area contributed by atoms with Crippen LogP contribution in [0.3, 0.4) is 0 Å². The lowest BCUT2D eigenvalue weighted by Gasteiger charge is -2.09. The number of nitrogens with zero attached hydrogens (tertiary/aromatic N) is 3. The number of hydrogen-bond donors (Lipinski definition) is 0. The molecule has 0 unspecified atom stereocenters. The number of halogens is 3. The predicted octanol–water partition coefficient (Wildman–Crippen LogP) is 4.99. The number of alkyl halides is 3. The third-order valence-corrected chi connectivity index (χ3v) is 3.88. The van der Waals surface area contributed by atoms with Crippen LogP contribution >= 0.6 is 0 Å². The number of para-hydroxylation sites is 1. The van der Waals surface area contributed by atoms with Gasteiger partial charge in [0.2, 0.25) is 0 Å². The summed E-state index contributed by atoms with van der Waals surface area (Å²) in [5.41, 5.74) is 3.38. The van der Waals surface area contributed by atoms with Crippen molar-refractivity contribution in [2.45, 2.75) is 6.36 Å². The molecule has 4 aromatic rings. The second-order valence-electron chi connectivity index (χ2n) is 5.59. The molecule has 0 bridgehead atoms. The summed E-state index contributed by atoms with van der Waals surface area (Å²) in [5.74, 6) is -0.270. The van der Waals surface area contributed by atoms with Crippen molar-refractivity contribution in [2.24, 2.45) is 0 Å². The summed E-state index contributed by atoms with van der Waals surface area (Å²) in [5, 5.41) is 5.31. The van der Waals surface area contributed by atoms with Gasteiger partial charge in [-0.05, 0) is 42.0 Å². The first-order chi connectivity index (χ1) is 12.5. The van der Waals surface area contributed by atoms with Crippen molar-refractivity contribution < 1.29 is 17.9 Å². The van der Waals surface area contributed by atoms with E-state index in [1.54, 1.807) is 17.1 Å².